The van der Waals surface area contributed by atoms with Crippen molar-refractivity contribution in [2.45, 2.75) is 13.0 Å². The van der Waals surface area contributed by atoms with E-state index in [1.807, 2.05) is 54.7 Å². The second kappa shape index (κ2) is 6.75. The Kier molecular flexibility index (Phi) is 4.29. The molecular formula is C21H20N2O3. The molecule has 1 saturated carbocycles. The highest BCUT2D eigenvalue weighted by Crippen LogP contribution is 2.48. The average Bonchev–Trinajstić information content (AvgIpc) is 3.29. The molecule has 5 heteroatoms. The minimum atomic E-state index is -0.872. The third kappa shape index (κ3) is 3.01. The number of nitrogens with zero attached hydrogens (tertiary/aromatic N) is 1. The third-order valence-electron chi connectivity index (χ3n) is 5.46. The standard InChI is InChI=1S/C21H20N2O3/c24-20(18-15-7-8-16(10-15)19(18)21(25)26)23-11-13-3-5-14(6-4-13)17-2-1-9-22-12-17/h1-9,12,15-16,18-19H,10-11H2,(H,23,24)(H,25,26)/t15-,16-,18-,19+/m0/s1. The summed E-state index contributed by atoms with van der Waals surface area (Å²) in [6.45, 7) is 0.399. The van der Waals surface area contributed by atoms with Crippen molar-refractivity contribution in [1.82, 2.24) is 10.3 Å². The number of carbonyl (C=O) groups is 2. The van der Waals surface area contributed by atoms with Crippen LogP contribution in [0.1, 0.15) is 12.0 Å². The van der Waals surface area contributed by atoms with Crippen LogP contribution in [0, 0.1) is 23.7 Å². The van der Waals surface area contributed by atoms with Crippen LogP contribution in [0.3, 0.4) is 0 Å². The number of hydrogen-bond donors (Lipinski definition) is 2. The maximum absolute atomic E-state index is 12.6. The topological polar surface area (TPSA) is 79.3 Å². The van der Waals surface area contributed by atoms with Gasteiger partial charge in [-0.1, -0.05) is 42.5 Å². The smallest absolute Gasteiger partial charge is 0.307 e. The van der Waals surface area contributed by atoms with Crippen LogP contribution in [0.5, 0.6) is 0 Å². The second-order valence-electron chi connectivity index (χ2n) is 6.99. The van der Waals surface area contributed by atoms with Crippen LogP contribution in [0.15, 0.2) is 60.9 Å². The molecule has 2 aliphatic carbocycles. The van der Waals surface area contributed by atoms with Gasteiger partial charge in [0.2, 0.25) is 5.91 Å². The molecule has 0 spiro atoms. The number of amides is 1. The molecule has 1 heterocycles. The summed E-state index contributed by atoms with van der Waals surface area (Å²) < 4.78 is 0. The summed E-state index contributed by atoms with van der Waals surface area (Å²) in [5.41, 5.74) is 3.09. The van der Waals surface area contributed by atoms with Crippen molar-refractivity contribution in [3.63, 3.8) is 0 Å². The lowest BCUT2D eigenvalue weighted by molar-refractivity contribution is -0.147. The lowest BCUT2D eigenvalue weighted by Gasteiger charge is -2.23. The first-order valence-corrected chi connectivity index (χ1v) is 8.81. The number of carboxylic acids is 1. The van der Waals surface area contributed by atoms with E-state index in [1.165, 1.54) is 0 Å². The van der Waals surface area contributed by atoms with E-state index >= 15 is 0 Å². The van der Waals surface area contributed by atoms with E-state index in [4.69, 9.17) is 0 Å². The number of allylic oxidation sites excluding steroid dienone is 2. The van der Waals surface area contributed by atoms with E-state index in [9.17, 15) is 14.7 Å². The first-order valence-electron chi connectivity index (χ1n) is 8.81. The fourth-order valence-corrected chi connectivity index (χ4v) is 4.17. The number of benzene rings is 1. The van der Waals surface area contributed by atoms with Crippen LogP contribution >= 0.6 is 0 Å². The van der Waals surface area contributed by atoms with Gasteiger partial charge in [0.25, 0.3) is 0 Å². The lowest BCUT2D eigenvalue weighted by Crippen LogP contribution is -2.39. The molecule has 0 radical (unpaired) electrons. The van der Waals surface area contributed by atoms with Gasteiger partial charge in [-0.25, -0.2) is 0 Å². The zero-order valence-electron chi connectivity index (χ0n) is 14.2. The molecule has 1 aromatic heterocycles. The van der Waals surface area contributed by atoms with Crippen LogP contribution in [0.25, 0.3) is 11.1 Å². The van der Waals surface area contributed by atoms with E-state index in [0.717, 1.165) is 23.1 Å². The van der Waals surface area contributed by atoms with Crippen LogP contribution < -0.4 is 5.32 Å². The molecule has 0 aliphatic heterocycles. The summed E-state index contributed by atoms with van der Waals surface area (Å²) in [5.74, 6) is -2.05. The molecule has 4 rings (SSSR count). The van der Waals surface area contributed by atoms with Gasteiger partial charge in [0.1, 0.15) is 0 Å². The van der Waals surface area contributed by atoms with E-state index in [-0.39, 0.29) is 17.7 Å². The van der Waals surface area contributed by atoms with Gasteiger partial charge in [0, 0.05) is 18.9 Å². The van der Waals surface area contributed by atoms with Crippen LogP contribution in [0.4, 0.5) is 0 Å². The Morgan fingerprint density at radius 3 is 2.42 bits per heavy atom. The first kappa shape index (κ1) is 16.5. The van der Waals surface area contributed by atoms with Crippen molar-refractivity contribution in [2.75, 3.05) is 0 Å². The summed E-state index contributed by atoms with van der Waals surface area (Å²) in [6.07, 6.45) is 8.27. The number of carboxylic acid groups (broad SMARTS) is 1. The largest absolute Gasteiger partial charge is 0.481 e. The molecule has 2 aliphatic rings. The first-order chi connectivity index (χ1) is 12.6. The van der Waals surface area contributed by atoms with Gasteiger partial charge in [-0.05, 0) is 41.0 Å². The second-order valence-corrected chi connectivity index (χ2v) is 6.99. The number of fused-ring (bicyclic) bond motifs is 2. The van der Waals surface area contributed by atoms with E-state index in [0.29, 0.717) is 6.54 Å². The van der Waals surface area contributed by atoms with Crippen molar-refractivity contribution >= 4 is 11.9 Å². The Morgan fingerprint density at radius 2 is 1.77 bits per heavy atom. The quantitative estimate of drug-likeness (QED) is 0.815. The van der Waals surface area contributed by atoms with E-state index in [1.54, 1.807) is 6.20 Å². The Morgan fingerprint density at radius 1 is 1.04 bits per heavy atom. The molecule has 1 fully saturated rings. The van der Waals surface area contributed by atoms with Gasteiger partial charge in [-0.2, -0.15) is 0 Å². The van der Waals surface area contributed by atoms with Crippen molar-refractivity contribution < 1.29 is 14.7 Å². The summed E-state index contributed by atoms with van der Waals surface area (Å²) in [6, 6.07) is 11.8. The number of aromatic nitrogens is 1. The molecule has 132 valence electrons. The van der Waals surface area contributed by atoms with Gasteiger partial charge in [0.15, 0.2) is 0 Å². The summed E-state index contributed by atoms with van der Waals surface area (Å²) in [7, 11) is 0. The number of rotatable bonds is 5. The van der Waals surface area contributed by atoms with Gasteiger partial charge in [-0.3, -0.25) is 14.6 Å². The predicted octanol–water partition coefficient (Wildman–Crippen LogP) is 2.89. The Balaban J connectivity index is 1.40. The number of hydrogen-bond acceptors (Lipinski definition) is 3. The van der Waals surface area contributed by atoms with Gasteiger partial charge in [0.05, 0.1) is 11.8 Å². The molecule has 1 aromatic carbocycles. The highest BCUT2D eigenvalue weighted by atomic mass is 16.4. The maximum Gasteiger partial charge on any atom is 0.307 e. The molecule has 26 heavy (non-hydrogen) atoms. The van der Waals surface area contributed by atoms with Crippen molar-refractivity contribution in [1.29, 1.82) is 0 Å². The van der Waals surface area contributed by atoms with E-state index < -0.39 is 17.8 Å². The van der Waals surface area contributed by atoms with Gasteiger partial charge < -0.3 is 10.4 Å². The zero-order valence-corrected chi connectivity index (χ0v) is 14.2. The van der Waals surface area contributed by atoms with E-state index in [2.05, 4.69) is 10.3 Å². The highest BCUT2D eigenvalue weighted by Gasteiger charge is 2.51. The molecule has 2 aromatic rings. The maximum atomic E-state index is 12.6. The molecule has 5 nitrogen and oxygen atoms in total. The third-order valence-corrected chi connectivity index (χ3v) is 5.46. The molecule has 0 unspecified atom stereocenters. The zero-order chi connectivity index (χ0) is 18.1. The van der Waals surface area contributed by atoms with Gasteiger partial charge in [-0.15, -0.1) is 0 Å². The Labute approximate surface area is 151 Å². The normalized spacial score (nSPS) is 26.0. The molecule has 1 amide bonds. The lowest BCUT2D eigenvalue weighted by atomic mass is 9.82. The number of pyridine rings is 1. The number of carbonyl (C=O) groups excluding carboxylic acids is 1. The van der Waals surface area contributed by atoms with Crippen molar-refractivity contribution in [3.05, 3.63) is 66.5 Å². The number of aliphatic carboxylic acids is 1. The molecule has 2 bridgehead atoms. The Hall–Kier alpha value is -2.95. The van der Waals surface area contributed by atoms with Gasteiger partial charge >= 0.3 is 5.97 Å². The molecule has 4 atom stereocenters. The summed E-state index contributed by atoms with van der Waals surface area (Å²) in [4.78, 5) is 28.2. The SMILES string of the molecule is O=C(NCc1ccc(-c2cccnc2)cc1)[C@@H]1[C@H](C(=O)O)[C@H]2C=C[C@H]1C2. The molecule has 0 saturated heterocycles. The fourth-order valence-electron chi connectivity index (χ4n) is 4.17. The number of nitrogens with one attached hydrogen (secondary N) is 1. The van der Waals surface area contributed by atoms with Crippen molar-refractivity contribution in [2.24, 2.45) is 23.7 Å². The minimum Gasteiger partial charge on any atom is -0.481 e. The van der Waals surface area contributed by atoms with Crippen LogP contribution in [0.2, 0.25) is 0 Å². The van der Waals surface area contributed by atoms with Crippen LogP contribution in [-0.2, 0) is 16.1 Å². The molecular weight excluding hydrogens is 328 g/mol. The average molecular weight is 348 g/mol. The van der Waals surface area contributed by atoms with Crippen LogP contribution in [-0.4, -0.2) is 22.0 Å². The highest BCUT2D eigenvalue weighted by molar-refractivity contribution is 5.86. The summed E-state index contributed by atoms with van der Waals surface area (Å²) in [5, 5.41) is 12.4. The summed E-state index contributed by atoms with van der Waals surface area (Å²) >= 11 is 0. The predicted molar refractivity (Wildman–Crippen MR) is 96.9 cm³/mol. The fraction of sp³-hybridized carbons (Fsp3) is 0.286. The molecule has 2 N–H and O–H groups in total. The Bertz CT molecular complexity index is 845. The van der Waals surface area contributed by atoms with Crippen molar-refractivity contribution in [3.8, 4) is 11.1 Å². The monoisotopic (exact) mass is 348 g/mol. The minimum absolute atomic E-state index is 0.00739.